The molecule has 0 heterocycles. The van der Waals surface area contributed by atoms with Crippen LogP contribution in [0.25, 0.3) is 0 Å². The van der Waals surface area contributed by atoms with E-state index < -0.39 is 23.4 Å². The van der Waals surface area contributed by atoms with Gasteiger partial charge < -0.3 is 29.2 Å². The summed E-state index contributed by atoms with van der Waals surface area (Å²) in [6.45, 7) is 5.71. The molecule has 3 aromatic carbocycles. The Bertz CT molecular complexity index is 1310. The van der Waals surface area contributed by atoms with Crippen LogP contribution in [0.1, 0.15) is 163 Å². The minimum Gasteiger partial charge on any atom is -0.504 e. The molecule has 286 valence electrons. The first-order valence-corrected chi connectivity index (χ1v) is 19.9. The van der Waals surface area contributed by atoms with Gasteiger partial charge in [-0.1, -0.05) is 129 Å². The minimum absolute atomic E-state index is 0.247. The van der Waals surface area contributed by atoms with E-state index in [1.165, 1.54) is 103 Å². The van der Waals surface area contributed by atoms with Crippen molar-refractivity contribution in [3.05, 3.63) is 71.8 Å². The van der Waals surface area contributed by atoms with Crippen molar-refractivity contribution in [2.75, 3.05) is 13.2 Å². The molecule has 0 aromatic heterocycles. The number of hydrogen-bond donors (Lipinski definition) is 2. The third-order valence-electron chi connectivity index (χ3n) is 9.16. The molecule has 0 aliphatic heterocycles. The van der Waals surface area contributed by atoms with Crippen LogP contribution in [0.5, 0.6) is 34.5 Å². The van der Waals surface area contributed by atoms with Crippen molar-refractivity contribution in [2.45, 2.75) is 142 Å². The second kappa shape index (κ2) is 25.7. The molecule has 3 rings (SSSR count). The van der Waals surface area contributed by atoms with Gasteiger partial charge in [-0.3, -0.25) is 0 Å². The van der Waals surface area contributed by atoms with Crippen LogP contribution >= 0.6 is 0 Å². The number of rotatable bonds is 28. The standard InChI is InChI=1S/C44H62O8/c1-3-5-7-9-11-13-15-17-19-21-31-49-37-27-23-35(24-28-37)43(47)51-41-33-40(46)42(34-39(41)45)52-44(48)36-25-29-38(30-26-36)50-32-22-20-18-16-14-12-10-8-6-4-2/h23-30,33-34,45-46H,3-22,31-32H2,1-2H3. The summed E-state index contributed by atoms with van der Waals surface area (Å²) < 4.78 is 22.3. The van der Waals surface area contributed by atoms with Crippen LogP contribution in [0.4, 0.5) is 0 Å². The zero-order valence-corrected chi connectivity index (χ0v) is 31.7. The molecule has 0 spiro atoms. The molecule has 0 aliphatic rings. The topological polar surface area (TPSA) is 112 Å². The lowest BCUT2D eigenvalue weighted by Crippen LogP contribution is -2.10. The maximum atomic E-state index is 12.7. The second-order valence-electron chi connectivity index (χ2n) is 13.7. The molecule has 0 saturated carbocycles. The molecular formula is C44H62O8. The van der Waals surface area contributed by atoms with Gasteiger partial charge in [0.25, 0.3) is 0 Å². The van der Waals surface area contributed by atoms with Crippen LogP contribution in [0.15, 0.2) is 60.7 Å². The van der Waals surface area contributed by atoms with E-state index in [1.54, 1.807) is 48.5 Å². The first-order chi connectivity index (χ1) is 25.4. The molecule has 8 heteroatoms. The number of hydrogen-bond acceptors (Lipinski definition) is 8. The molecule has 0 bridgehead atoms. The smallest absolute Gasteiger partial charge is 0.343 e. The van der Waals surface area contributed by atoms with Gasteiger partial charge in [-0.2, -0.15) is 0 Å². The van der Waals surface area contributed by atoms with Gasteiger partial charge in [0, 0.05) is 12.1 Å². The van der Waals surface area contributed by atoms with Gasteiger partial charge >= 0.3 is 11.9 Å². The van der Waals surface area contributed by atoms with Crippen LogP contribution in [0, 0.1) is 0 Å². The second-order valence-corrected chi connectivity index (χ2v) is 13.7. The number of esters is 2. The number of ether oxygens (including phenoxy) is 4. The molecule has 2 N–H and O–H groups in total. The summed E-state index contributed by atoms with van der Waals surface area (Å²) in [6, 6.07) is 15.2. The highest BCUT2D eigenvalue weighted by Gasteiger charge is 2.18. The van der Waals surface area contributed by atoms with Crippen molar-refractivity contribution in [2.24, 2.45) is 0 Å². The average Bonchev–Trinajstić information content (AvgIpc) is 3.15. The molecule has 0 radical (unpaired) electrons. The van der Waals surface area contributed by atoms with E-state index in [9.17, 15) is 19.8 Å². The van der Waals surface area contributed by atoms with Crippen molar-refractivity contribution in [1.82, 2.24) is 0 Å². The SMILES string of the molecule is CCCCCCCCCCCCOc1ccc(C(=O)Oc2cc(O)c(OC(=O)c3ccc(OCCCCCCCCCCCC)cc3)cc2O)cc1. The highest BCUT2D eigenvalue weighted by molar-refractivity contribution is 5.92. The Balaban J connectivity index is 1.34. The Labute approximate surface area is 311 Å². The fourth-order valence-corrected chi connectivity index (χ4v) is 5.95. The summed E-state index contributed by atoms with van der Waals surface area (Å²) in [5.74, 6) is -1.62. The van der Waals surface area contributed by atoms with Crippen LogP contribution in [0.2, 0.25) is 0 Å². The predicted octanol–water partition coefficient (Wildman–Crippen LogP) is 12.1. The van der Waals surface area contributed by atoms with E-state index in [1.807, 2.05) is 0 Å². The summed E-state index contributed by atoms with van der Waals surface area (Å²) in [5, 5.41) is 21.0. The van der Waals surface area contributed by atoms with Crippen LogP contribution in [0.3, 0.4) is 0 Å². The van der Waals surface area contributed by atoms with E-state index in [0.717, 1.165) is 37.8 Å². The molecule has 0 amide bonds. The monoisotopic (exact) mass is 718 g/mol. The van der Waals surface area contributed by atoms with Gasteiger partial charge in [0.15, 0.2) is 23.0 Å². The summed E-state index contributed by atoms with van der Waals surface area (Å²) in [5.41, 5.74) is 0.494. The number of unbranched alkanes of at least 4 members (excludes halogenated alkanes) is 18. The molecule has 52 heavy (non-hydrogen) atoms. The van der Waals surface area contributed by atoms with E-state index in [-0.39, 0.29) is 22.6 Å². The number of carbonyl (C=O) groups excluding carboxylic acids is 2. The van der Waals surface area contributed by atoms with Gasteiger partial charge in [0.2, 0.25) is 0 Å². The normalized spacial score (nSPS) is 11.0. The Kier molecular flexibility index (Phi) is 20.9. The first kappa shape index (κ1) is 42.2. The van der Waals surface area contributed by atoms with Gasteiger partial charge in [-0.05, 0) is 61.4 Å². The lowest BCUT2D eigenvalue weighted by atomic mass is 10.1. The van der Waals surface area contributed by atoms with Gasteiger partial charge in [-0.15, -0.1) is 0 Å². The first-order valence-electron chi connectivity index (χ1n) is 19.9. The van der Waals surface area contributed by atoms with Gasteiger partial charge in [0.05, 0.1) is 24.3 Å². The van der Waals surface area contributed by atoms with Crippen molar-refractivity contribution >= 4 is 11.9 Å². The third-order valence-corrected chi connectivity index (χ3v) is 9.16. The summed E-state index contributed by atoms with van der Waals surface area (Å²) in [6.07, 6.45) is 25.1. The van der Waals surface area contributed by atoms with Crippen LogP contribution in [-0.2, 0) is 0 Å². The van der Waals surface area contributed by atoms with Crippen LogP contribution in [-0.4, -0.2) is 35.4 Å². The van der Waals surface area contributed by atoms with Crippen molar-refractivity contribution in [1.29, 1.82) is 0 Å². The summed E-state index contributed by atoms with van der Waals surface area (Å²) >= 11 is 0. The molecule has 0 aliphatic carbocycles. The molecule has 0 unspecified atom stereocenters. The van der Waals surface area contributed by atoms with Gasteiger partial charge in [-0.25, -0.2) is 9.59 Å². The Morgan fingerprint density at radius 2 is 0.731 bits per heavy atom. The number of phenols is 2. The minimum atomic E-state index is -0.726. The fraction of sp³-hybridized carbons (Fsp3) is 0.545. The quantitative estimate of drug-likeness (QED) is 0.0330. The van der Waals surface area contributed by atoms with Crippen molar-refractivity contribution < 1.29 is 38.7 Å². The summed E-state index contributed by atoms with van der Waals surface area (Å²) in [4.78, 5) is 25.5. The van der Waals surface area contributed by atoms with E-state index >= 15 is 0 Å². The maximum absolute atomic E-state index is 12.7. The summed E-state index contributed by atoms with van der Waals surface area (Å²) in [7, 11) is 0. The Morgan fingerprint density at radius 1 is 0.442 bits per heavy atom. The number of phenolic OH excluding ortho intramolecular Hbond substituents is 2. The van der Waals surface area contributed by atoms with Crippen LogP contribution < -0.4 is 18.9 Å². The fourth-order valence-electron chi connectivity index (χ4n) is 5.95. The molecular weight excluding hydrogens is 656 g/mol. The Morgan fingerprint density at radius 3 is 1.04 bits per heavy atom. The Hall–Kier alpha value is -4.20. The maximum Gasteiger partial charge on any atom is 0.343 e. The van der Waals surface area contributed by atoms with E-state index in [0.29, 0.717) is 24.7 Å². The molecule has 3 aromatic rings. The number of carbonyl (C=O) groups is 2. The molecule has 0 saturated heterocycles. The zero-order valence-electron chi connectivity index (χ0n) is 31.7. The zero-order chi connectivity index (χ0) is 37.2. The molecule has 0 atom stereocenters. The lowest BCUT2D eigenvalue weighted by Gasteiger charge is -2.11. The highest BCUT2D eigenvalue weighted by atomic mass is 16.6. The predicted molar refractivity (Wildman–Crippen MR) is 207 cm³/mol. The lowest BCUT2D eigenvalue weighted by molar-refractivity contribution is 0.0711. The third kappa shape index (κ3) is 16.9. The van der Waals surface area contributed by atoms with E-state index in [4.69, 9.17) is 18.9 Å². The molecule has 8 nitrogen and oxygen atoms in total. The average molecular weight is 719 g/mol. The number of aromatic hydroxyl groups is 2. The molecule has 0 fully saturated rings. The number of benzene rings is 3. The van der Waals surface area contributed by atoms with Crippen molar-refractivity contribution in [3.63, 3.8) is 0 Å². The van der Waals surface area contributed by atoms with Gasteiger partial charge in [0.1, 0.15) is 11.5 Å². The largest absolute Gasteiger partial charge is 0.504 e. The highest BCUT2D eigenvalue weighted by Crippen LogP contribution is 2.39. The van der Waals surface area contributed by atoms with Crippen molar-refractivity contribution in [3.8, 4) is 34.5 Å². The van der Waals surface area contributed by atoms with E-state index in [2.05, 4.69) is 13.8 Å².